The van der Waals surface area contributed by atoms with Crippen LogP contribution in [0.2, 0.25) is 6.32 Å². The molecule has 44 valence electrons. The molecule has 4 heteroatoms. The molecule has 1 atom stereocenters. The quantitative estimate of drug-likeness (QED) is 0.471. The van der Waals surface area contributed by atoms with Gasteiger partial charge in [0.15, 0.2) is 5.60 Å². The molecule has 2 radical (unpaired) electrons. The third-order valence-corrected chi connectivity index (χ3v) is 0.858. The van der Waals surface area contributed by atoms with Gasteiger partial charge in [0.1, 0.15) is 0 Å². The molecule has 0 aromatic heterocycles. The van der Waals surface area contributed by atoms with Crippen molar-refractivity contribution in [1.82, 2.24) is 0 Å². The molecule has 0 saturated heterocycles. The predicted octanol–water partition coefficient (Wildman–Crippen LogP) is -0.591. The van der Waals surface area contributed by atoms with Crippen molar-refractivity contribution in [2.24, 2.45) is 0 Å². The van der Waals surface area contributed by atoms with E-state index < -0.39 is 11.6 Å². The largest absolute Gasteiger partial charge is 0.479 e. The van der Waals surface area contributed by atoms with E-state index in [-0.39, 0.29) is 6.32 Å². The smallest absolute Gasteiger partial charge is 0.334 e. The van der Waals surface area contributed by atoms with E-state index in [2.05, 4.69) is 0 Å². The Morgan fingerprint density at radius 2 is 2.25 bits per heavy atom. The van der Waals surface area contributed by atoms with Gasteiger partial charge in [-0.3, -0.25) is 0 Å². The highest BCUT2D eigenvalue weighted by molar-refractivity contribution is 6.11. The lowest BCUT2D eigenvalue weighted by Crippen LogP contribution is -2.33. The van der Waals surface area contributed by atoms with E-state index >= 15 is 0 Å². The first-order chi connectivity index (χ1) is 3.50. The number of aliphatic hydroxyl groups is 1. The normalized spacial score (nSPS) is 17.2. The molecule has 0 saturated carbocycles. The third kappa shape index (κ3) is 1.54. The average Bonchev–Trinajstić information content (AvgIpc) is 1.67. The molecule has 0 fully saturated rings. The van der Waals surface area contributed by atoms with Crippen molar-refractivity contribution >= 4 is 13.8 Å². The van der Waals surface area contributed by atoms with Crippen LogP contribution in [0.15, 0.2) is 0 Å². The van der Waals surface area contributed by atoms with Gasteiger partial charge in [-0.2, -0.15) is 0 Å². The molecule has 0 bridgehead atoms. The Morgan fingerprint density at radius 3 is 2.25 bits per heavy atom. The number of carboxylic acids is 1. The molecule has 0 aliphatic rings. The minimum Gasteiger partial charge on any atom is -0.479 e. The van der Waals surface area contributed by atoms with Crippen LogP contribution in [0.4, 0.5) is 0 Å². The summed E-state index contributed by atoms with van der Waals surface area (Å²) in [5.74, 6) is -1.29. The molecule has 0 heterocycles. The molecular formula is C4H7BO3. The molecule has 0 aliphatic heterocycles. The summed E-state index contributed by atoms with van der Waals surface area (Å²) in [7, 11) is 4.88. The fourth-order valence-electron chi connectivity index (χ4n) is 0.0873. The van der Waals surface area contributed by atoms with Gasteiger partial charge in [-0.15, -0.1) is 0 Å². The van der Waals surface area contributed by atoms with Crippen molar-refractivity contribution in [1.29, 1.82) is 0 Å². The van der Waals surface area contributed by atoms with Gasteiger partial charge in [-0.05, 0) is 13.2 Å². The summed E-state index contributed by atoms with van der Waals surface area (Å²) in [6.45, 7) is 1.15. The Bertz CT molecular complexity index is 99.5. The Balaban J connectivity index is 3.91. The first-order valence-corrected chi connectivity index (χ1v) is 2.16. The average molecular weight is 114 g/mol. The summed E-state index contributed by atoms with van der Waals surface area (Å²) >= 11 is 0. The van der Waals surface area contributed by atoms with Crippen LogP contribution in [-0.2, 0) is 4.79 Å². The van der Waals surface area contributed by atoms with E-state index in [0.717, 1.165) is 6.92 Å². The van der Waals surface area contributed by atoms with E-state index in [1.807, 2.05) is 0 Å². The maximum absolute atomic E-state index is 9.92. The zero-order valence-corrected chi connectivity index (χ0v) is 4.59. The number of carbonyl (C=O) groups is 1. The maximum Gasteiger partial charge on any atom is 0.334 e. The van der Waals surface area contributed by atoms with Crippen LogP contribution in [0.3, 0.4) is 0 Å². The van der Waals surface area contributed by atoms with E-state index in [1.54, 1.807) is 0 Å². The Kier molecular flexibility index (Phi) is 2.04. The Morgan fingerprint density at radius 1 is 1.88 bits per heavy atom. The molecule has 0 aromatic carbocycles. The lowest BCUT2D eigenvalue weighted by atomic mass is 9.89. The van der Waals surface area contributed by atoms with Gasteiger partial charge in [0.25, 0.3) is 0 Å². The second-order valence-electron chi connectivity index (χ2n) is 1.78. The summed E-state index contributed by atoms with van der Waals surface area (Å²) in [4.78, 5) is 9.92. The molecule has 0 amide bonds. The predicted molar refractivity (Wildman–Crippen MR) is 28.8 cm³/mol. The highest BCUT2D eigenvalue weighted by Gasteiger charge is 2.26. The molecule has 0 aliphatic carbocycles. The van der Waals surface area contributed by atoms with Crippen LogP contribution in [0.25, 0.3) is 0 Å². The fourth-order valence-corrected chi connectivity index (χ4v) is 0.0873. The topological polar surface area (TPSA) is 57.5 Å². The number of aliphatic carboxylic acids is 1. The van der Waals surface area contributed by atoms with E-state index in [9.17, 15) is 4.79 Å². The van der Waals surface area contributed by atoms with Crippen LogP contribution >= 0.6 is 0 Å². The van der Waals surface area contributed by atoms with Crippen molar-refractivity contribution in [3.05, 3.63) is 0 Å². The van der Waals surface area contributed by atoms with Crippen LogP contribution < -0.4 is 0 Å². The highest BCUT2D eigenvalue weighted by atomic mass is 16.4. The summed E-state index contributed by atoms with van der Waals surface area (Å²) in [5.41, 5.74) is -1.76. The lowest BCUT2D eigenvalue weighted by molar-refractivity contribution is -0.154. The summed E-state index contributed by atoms with van der Waals surface area (Å²) in [6.07, 6.45) is -0.262. The van der Waals surface area contributed by atoms with Crippen LogP contribution in [0, 0.1) is 0 Å². The minimum atomic E-state index is -1.76. The first kappa shape index (κ1) is 7.49. The van der Waals surface area contributed by atoms with Gasteiger partial charge in [-0.25, -0.2) is 4.79 Å². The monoisotopic (exact) mass is 114 g/mol. The van der Waals surface area contributed by atoms with E-state index in [0.29, 0.717) is 0 Å². The van der Waals surface area contributed by atoms with Gasteiger partial charge in [0.2, 0.25) is 0 Å². The summed E-state index contributed by atoms with van der Waals surface area (Å²) < 4.78 is 0. The molecule has 0 unspecified atom stereocenters. The minimum absolute atomic E-state index is 0.262. The summed E-state index contributed by atoms with van der Waals surface area (Å²) in [6, 6.07) is 0. The standard InChI is InChI=1S/C4H7BO3/c1-4(8,2-5)3(6)7/h8H,2H2,1H3,(H,6,7)/t4-/m0/s1. The number of rotatable bonds is 2. The summed E-state index contributed by atoms with van der Waals surface area (Å²) in [5, 5.41) is 16.8. The molecule has 0 aromatic rings. The lowest BCUT2D eigenvalue weighted by Gasteiger charge is -2.13. The van der Waals surface area contributed by atoms with Gasteiger partial charge < -0.3 is 10.2 Å². The second kappa shape index (κ2) is 2.18. The molecule has 3 nitrogen and oxygen atoms in total. The SMILES string of the molecule is [B]C[C@](C)(O)C(=O)O. The van der Waals surface area contributed by atoms with Gasteiger partial charge in [0, 0.05) is 0 Å². The van der Waals surface area contributed by atoms with Crippen molar-refractivity contribution in [2.45, 2.75) is 18.8 Å². The van der Waals surface area contributed by atoms with Crippen molar-refractivity contribution in [3.63, 3.8) is 0 Å². The fraction of sp³-hybridized carbons (Fsp3) is 0.750. The van der Waals surface area contributed by atoms with Crippen LogP contribution in [-0.4, -0.2) is 29.6 Å². The molecular weight excluding hydrogens is 107 g/mol. The van der Waals surface area contributed by atoms with Crippen LogP contribution in [0.1, 0.15) is 6.92 Å². The Labute approximate surface area is 48.7 Å². The third-order valence-electron chi connectivity index (χ3n) is 0.858. The number of hydrogen-bond donors (Lipinski definition) is 2. The molecule has 8 heavy (non-hydrogen) atoms. The number of hydrogen-bond acceptors (Lipinski definition) is 2. The zero-order chi connectivity index (χ0) is 6.78. The van der Waals surface area contributed by atoms with E-state index in [4.69, 9.17) is 18.1 Å². The molecule has 2 N–H and O–H groups in total. The maximum atomic E-state index is 9.92. The van der Waals surface area contributed by atoms with Gasteiger partial charge in [0.05, 0.1) is 7.85 Å². The second-order valence-corrected chi connectivity index (χ2v) is 1.78. The van der Waals surface area contributed by atoms with E-state index in [1.165, 1.54) is 0 Å². The Hall–Kier alpha value is -0.505. The van der Waals surface area contributed by atoms with Gasteiger partial charge in [-0.1, -0.05) is 0 Å². The molecule has 0 rings (SSSR count). The first-order valence-electron chi connectivity index (χ1n) is 2.16. The highest BCUT2D eigenvalue weighted by Crippen LogP contribution is 2.05. The van der Waals surface area contributed by atoms with Crippen molar-refractivity contribution in [3.8, 4) is 0 Å². The zero-order valence-electron chi connectivity index (χ0n) is 4.59. The van der Waals surface area contributed by atoms with Crippen LogP contribution in [0.5, 0.6) is 0 Å². The van der Waals surface area contributed by atoms with Gasteiger partial charge >= 0.3 is 5.97 Å². The number of carboxylic acid groups (broad SMARTS) is 1. The molecule has 0 spiro atoms. The van der Waals surface area contributed by atoms with Crippen molar-refractivity contribution in [2.75, 3.05) is 0 Å². The van der Waals surface area contributed by atoms with Crippen molar-refractivity contribution < 1.29 is 15.0 Å².